The molecule has 0 spiro atoms. The van der Waals surface area contributed by atoms with Gasteiger partial charge in [-0.2, -0.15) is 0 Å². The third kappa shape index (κ3) is 8.09. The first kappa shape index (κ1) is 24.5. The summed E-state index contributed by atoms with van der Waals surface area (Å²) >= 11 is 0. The van der Waals surface area contributed by atoms with Crippen molar-refractivity contribution in [2.24, 2.45) is 4.99 Å². The van der Waals surface area contributed by atoms with Crippen molar-refractivity contribution in [2.75, 3.05) is 26.2 Å². The van der Waals surface area contributed by atoms with Crippen molar-refractivity contribution >= 4 is 29.9 Å². The molecule has 2 heterocycles. The van der Waals surface area contributed by atoms with E-state index in [9.17, 15) is 5.11 Å². The third-order valence-electron chi connectivity index (χ3n) is 6.06. The van der Waals surface area contributed by atoms with Gasteiger partial charge in [-0.25, -0.2) is 0 Å². The van der Waals surface area contributed by atoms with Crippen LogP contribution in [0.3, 0.4) is 0 Å². The first-order valence-corrected chi connectivity index (χ1v) is 11.3. The van der Waals surface area contributed by atoms with Crippen LogP contribution in [0.2, 0.25) is 0 Å². The zero-order valence-electron chi connectivity index (χ0n) is 17.8. The van der Waals surface area contributed by atoms with Gasteiger partial charge in [0.25, 0.3) is 0 Å². The van der Waals surface area contributed by atoms with E-state index in [0.717, 1.165) is 82.8 Å². The SMILES string of the molecule is CCCCN=C(NCCc1ccco1)NC1CCN(C2CCCCC2O)CC1.I. The number of hydrogen-bond acceptors (Lipinski definition) is 4. The zero-order valence-corrected chi connectivity index (χ0v) is 20.1. The summed E-state index contributed by atoms with van der Waals surface area (Å²) < 4.78 is 5.42. The van der Waals surface area contributed by atoms with E-state index in [2.05, 4.69) is 22.5 Å². The van der Waals surface area contributed by atoms with Crippen LogP contribution in [-0.4, -0.2) is 60.3 Å². The van der Waals surface area contributed by atoms with Gasteiger partial charge in [0, 0.05) is 44.7 Å². The largest absolute Gasteiger partial charge is 0.469 e. The molecule has 1 aromatic rings. The topological polar surface area (TPSA) is 73.0 Å². The molecule has 1 aromatic heterocycles. The molecule has 1 saturated heterocycles. The Morgan fingerprint density at radius 3 is 2.72 bits per heavy atom. The molecule has 0 aromatic carbocycles. The van der Waals surface area contributed by atoms with Gasteiger partial charge >= 0.3 is 0 Å². The summed E-state index contributed by atoms with van der Waals surface area (Å²) in [4.78, 5) is 7.27. The van der Waals surface area contributed by atoms with Crippen LogP contribution in [0, 0.1) is 0 Å². The number of aliphatic hydroxyl groups is 1. The fraction of sp³-hybridized carbons (Fsp3) is 0.773. The summed E-state index contributed by atoms with van der Waals surface area (Å²) in [7, 11) is 0. The van der Waals surface area contributed by atoms with Gasteiger partial charge in [-0.1, -0.05) is 26.2 Å². The quantitative estimate of drug-likeness (QED) is 0.213. The number of rotatable bonds is 8. The van der Waals surface area contributed by atoms with Crippen LogP contribution >= 0.6 is 24.0 Å². The molecule has 166 valence electrons. The summed E-state index contributed by atoms with van der Waals surface area (Å²) in [5, 5.41) is 17.5. The Hall–Kier alpha value is -0.800. The highest BCUT2D eigenvalue weighted by molar-refractivity contribution is 14.0. The molecule has 0 radical (unpaired) electrons. The lowest BCUT2D eigenvalue weighted by atomic mass is 9.89. The molecule has 2 aliphatic rings. The molecule has 1 aliphatic carbocycles. The number of likely N-dealkylation sites (tertiary alicyclic amines) is 1. The molecule has 6 nitrogen and oxygen atoms in total. The van der Waals surface area contributed by atoms with Crippen molar-refractivity contribution in [1.82, 2.24) is 15.5 Å². The average Bonchev–Trinajstić information content (AvgIpc) is 3.23. The lowest BCUT2D eigenvalue weighted by Gasteiger charge is -2.41. The fourth-order valence-electron chi connectivity index (χ4n) is 4.35. The highest BCUT2D eigenvalue weighted by atomic mass is 127. The van der Waals surface area contributed by atoms with Crippen molar-refractivity contribution in [1.29, 1.82) is 0 Å². The second kappa shape index (κ2) is 13.5. The number of halogens is 1. The van der Waals surface area contributed by atoms with E-state index in [1.54, 1.807) is 6.26 Å². The zero-order chi connectivity index (χ0) is 19.6. The number of aliphatic imine (C=N–C) groups is 1. The van der Waals surface area contributed by atoms with E-state index in [1.165, 1.54) is 12.8 Å². The molecule has 3 N–H and O–H groups in total. The van der Waals surface area contributed by atoms with E-state index in [0.29, 0.717) is 12.1 Å². The second-order valence-corrected chi connectivity index (χ2v) is 8.21. The van der Waals surface area contributed by atoms with Crippen molar-refractivity contribution in [2.45, 2.75) is 82.9 Å². The molecule has 0 bridgehead atoms. The number of furan rings is 1. The number of nitrogens with zero attached hydrogens (tertiary/aromatic N) is 2. The van der Waals surface area contributed by atoms with Gasteiger partial charge in [-0.3, -0.25) is 9.89 Å². The Bertz CT molecular complexity index is 573. The minimum atomic E-state index is -0.132. The van der Waals surface area contributed by atoms with Gasteiger partial charge in [0.05, 0.1) is 12.4 Å². The molecular formula is C22H39IN4O2. The maximum absolute atomic E-state index is 10.3. The summed E-state index contributed by atoms with van der Waals surface area (Å²) in [6, 6.07) is 4.77. The molecule has 0 amide bonds. The maximum Gasteiger partial charge on any atom is 0.191 e. The van der Waals surface area contributed by atoms with Gasteiger partial charge in [0.2, 0.25) is 0 Å². The van der Waals surface area contributed by atoms with Gasteiger partial charge in [-0.05, 0) is 44.2 Å². The number of unbranched alkanes of at least 4 members (excludes halogenated alkanes) is 1. The van der Waals surface area contributed by atoms with Crippen LogP contribution in [-0.2, 0) is 6.42 Å². The molecule has 1 aliphatic heterocycles. The first-order chi connectivity index (χ1) is 13.8. The van der Waals surface area contributed by atoms with Crippen LogP contribution in [0.25, 0.3) is 0 Å². The molecule has 2 fully saturated rings. The minimum absolute atomic E-state index is 0. The number of hydrogen-bond donors (Lipinski definition) is 3. The van der Waals surface area contributed by atoms with Crippen LogP contribution in [0.4, 0.5) is 0 Å². The van der Waals surface area contributed by atoms with Gasteiger partial charge in [0.1, 0.15) is 5.76 Å². The molecule has 7 heteroatoms. The Morgan fingerprint density at radius 2 is 2.03 bits per heavy atom. The molecule has 1 saturated carbocycles. The molecule has 2 unspecified atom stereocenters. The maximum atomic E-state index is 10.3. The van der Waals surface area contributed by atoms with Crippen LogP contribution < -0.4 is 10.6 Å². The highest BCUT2D eigenvalue weighted by Gasteiger charge is 2.31. The van der Waals surface area contributed by atoms with Gasteiger partial charge < -0.3 is 20.2 Å². The van der Waals surface area contributed by atoms with Crippen molar-refractivity contribution in [3.05, 3.63) is 24.2 Å². The number of aliphatic hydroxyl groups excluding tert-OH is 1. The molecule has 3 rings (SSSR count). The molecule has 2 atom stereocenters. The van der Waals surface area contributed by atoms with Crippen molar-refractivity contribution < 1.29 is 9.52 Å². The average molecular weight is 518 g/mol. The summed E-state index contributed by atoms with van der Waals surface area (Å²) in [6.45, 7) is 6.00. The van der Waals surface area contributed by atoms with Crippen molar-refractivity contribution in [3.8, 4) is 0 Å². The first-order valence-electron chi connectivity index (χ1n) is 11.3. The van der Waals surface area contributed by atoms with Crippen molar-refractivity contribution in [3.63, 3.8) is 0 Å². The van der Waals surface area contributed by atoms with E-state index in [1.807, 2.05) is 12.1 Å². The van der Waals surface area contributed by atoms with Gasteiger partial charge in [0.15, 0.2) is 5.96 Å². The Balaban J connectivity index is 0.00000300. The van der Waals surface area contributed by atoms with E-state index >= 15 is 0 Å². The van der Waals surface area contributed by atoms with Crippen LogP contribution in [0.1, 0.15) is 64.1 Å². The summed E-state index contributed by atoms with van der Waals surface area (Å²) in [6.07, 6.45) is 11.5. The lowest BCUT2D eigenvalue weighted by Crippen LogP contribution is -2.53. The fourth-order valence-corrected chi connectivity index (χ4v) is 4.35. The standard InChI is InChI=1S/C22H38N4O2.HI/c1-2-3-13-23-22(24-14-10-19-7-6-17-28-19)25-18-11-15-26(16-12-18)20-8-4-5-9-21(20)27;/h6-7,17-18,20-21,27H,2-5,8-16H2,1H3,(H2,23,24,25);1H. The smallest absolute Gasteiger partial charge is 0.191 e. The summed E-state index contributed by atoms with van der Waals surface area (Å²) in [5.41, 5.74) is 0. The monoisotopic (exact) mass is 518 g/mol. The van der Waals surface area contributed by atoms with E-state index < -0.39 is 0 Å². The Kier molecular flexibility index (Phi) is 11.4. The number of guanidine groups is 1. The third-order valence-corrected chi connectivity index (χ3v) is 6.06. The minimum Gasteiger partial charge on any atom is -0.469 e. The Morgan fingerprint density at radius 1 is 1.24 bits per heavy atom. The highest BCUT2D eigenvalue weighted by Crippen LogP contribution is 2.25. The summed E-state index contributed by atoms with van der Waals surface area (Å²) in [5.74, 6) is 1.93. The van der Waals surface area contributed by atoms with Gasteiger partial charge in [-0.15, -0.1) is 24.0 Å². The second-order valence-electron chi connectivity index (χ2n) is 8.21. The predicted octanol–water partition coefficient (Wildman–Crippen LogP) is 3.54. The van der Waals surface area contributed by atoms with E-state index in [-0.39, 0.29) is 30.1 Å². The number of nitrogens with one attached hydrogen (secondary N) is 2. The van der Waals surface area contributed by atoms with Crippen LogP contribution in [0.15, 0.2) is 27.8 Å². The predicted molar refractivity (Wildman–Crippen MR) is 129 cm³/mol. The molecule has 29 heavy (non-hydrogen) atoms. The van der Waals surface area contributed by atoms with Crippen LogP contribution in [0.5, 0.6) is 0 Å². The normalized spacial score (nSPS) is 24.1. The van der Waals surface area contributed by atoms with E-state index in [4.69, 9.17) is 9.41 Å². The number of piperidine rings is 1. The molecular weight excluding hydrogens is 479 g/mol. The lowest BCUT2D eigenvalue weighted by molar-refractivity contribution is 0.00810. The Labute approximate surface area is 192 Å².